The van der Waals surface area contributed by atoms with Gasteiger partial charge in [-0.2, -0.15) is 0 Å². The Kier molecular flexibility index (Phi) is 4.18. The smallest absolute Gasteiger partial charge is 0.274 e. The van der Waals surface area contributed by atoms with E-state index in [1.165, 1.54) is 6.33 Å². The molecule has 6 nitrogen and oxygen atoms in total. The predicted molar refractivity (Wildman–Crippen MR) is 84.4 cm³/mol. The van der Waals surface area contributed by atoms with E-state index < -0.39 is 0 Å². The van der Waals surface area contributed by atoms with Gasteiger partial charge in [-0.05, 0) is 37.1 Å². The number of benzene rings is 1. The Morgan fingerprint density at radius 1 is 1.18 bits per heavy atom. The topological polar surface area (TPSA) is 67.3 Å². The number of ether oxygens (including phenoxy) is 1. The lowest BCUT2D eigenvalue weighted by Crippen LogP contribution is -2.21. The molecule has 0 atom stereocenters. The molecule has 0 saturated carbocycles. The summed E-state index contributed by atoms with van der Waals surface area (Å²) in [5, 5.41) is 2.82. The van der Waals surface area contributed by atoms with Gasteiger partial charge in [0.2, 0.25) is 0 Å². The highest BCUT2D eigenvalue weighted by Gasteiger charge is 2.16. The molecule has 1 fully saturated rings. The van der Waals surface area contributed by atoms with Gasteiger partial charge in [-0.1, -0.05) is 0 Å². The quantitative estimate of drug-likeness (QED) is 0.938. The van der Waals surface area contributed by atoms with Crippen molar-refractivity contribution in [3.05, 3.63) is 42.4 Å². The maximum absolute atomic E-state index is 12.3. The van der Waals surface area contributed by atoms with Gasteiger partial charge in [-0.15, -0.1) is 0 Å². The highest BCUT2D eigenvalue weighted by atomic mass is 16.5. The number of rotatable bonds is 4. The van der Waals surface area contributed by atoms with E-state index in [-0.39, 0.29) is 5.91 Å². The first kappa shape index (κ1) is 14.3. The third-order valence-corrected chi connectivity index (χ3v) is 3.66. The van der Waals surface area contributed by atoms with Crippen molar-refractivity contribution in [3.63, 3.8) is 0 Å². The molecule has 2 aromatic rings. The van der Waals surface area contributed by atoms with Gasteiger partial charge in [-0.3, -0.25) is 4.79 Å². The van der Waals surface area contributed by atoms with E-state index in [0.29, 0.717) is 11.4 Å². The molecule has 3 rings (SSSR count). The van der Waals surface area contributed by atoms with Gasteiger partial charge in [0.05, 0.1) is 7.11 Å². The van der Waals surface area contributed by atoms with E-state index in [2.05, 4.69) is 20.2 Å². The second-order valence-electron chi connectivity index (χ2n) is 5.14. The summed E-state index contributed by atoms with van der Waals surface area (Å²) in [5.41, 5.74) is 1.07. The number of carbonyl (C=O) groups is 1. The van der Waals surface area contributed by atoms with Gasteiger partial charge >= 0.3 is 0 Å². The van der Waals surface area contributed by atoms with Crippen molar-refractivity contribution in [1.29, 1.82) is 0 Å². The fraction of sp³-hybridized carbons (Fsp3) is 0.312. The third-order valence-electron chi connectivity index (χ3n) is 3.66. The first-order valence-electron chi connectivity index (χ1n) is 7.28. The Morgan fingerprint density at radius 2 is 1.91 bits per heavy atom. The minimum atomic E-state index is -0.243. The van der Waals surface area contributed by atoms with Crippen LogP contribution in [0.3, 0.4) is 0 Å². The first-order chi connectivity index (χ1) is 10.8. The minimum Gasteiger partial charge on any atom is -0.497 e. The molecule has 6 heteroatoms. The first-order valence-corrected chi connectivity index (χ1v) is 7.28. The molecule has 22 heavy (non-hydrogen) atoms. The van der Waals surface area contributed by atoms with Crippen LogP contribution in [0.15, 0.2) is 36.7 Å². The van der Waals surface area contributed by atoms with E-state index in [4.69, 9.17) is 4.74 Å². The second kappa shape index (κ2) is 6.43. The lowest BCUT2D eigenvalue weighted by molar-refractivity contribution is 0.102. The highest BCUT2D eigenvalue weighted by molar-refractivity contribution is 6.03. The van der Waals surface area contributed by atoms with Crippen molar-refractivity contribution in [3.8, 4) is 5.75 Å². The lowest BCUT2D eigenvalue weighted by atomic mass is 10.3. The molecule has 0 radical (unpaired) electrons. The van der Waals surface area contributed by atoms with Gasteiger partial charge in [0.1, 0.15) is 23.6 Å². The summed E-state index contributed by atoms with van der Waals surface area (Å²) in [6.45, 7) is 1.97. The molecule has 2 heterocycles. The average molecular weight is 298 g/mol. The lowest BCUT2D eigenvalue weighted by Gasteiger charge is -2.16. The normalized spacial score (nSPS) is 14.0. The second-order valence-corrected chi connectivity index (χ2v) is 5.14. The van der Waals surface area contributed by atoms with Crippen LogP contribution in [0.25, 0.3) is 0 Å². The predicted octanol–water partition coefficient (Wildman–Crippen LogP) is 2.34. The van der Waals surface area contributed by atoms with Crippen LogP contribution in [-0.2, 0) is 0 Å². The summed E-state index contributed by atoms with van der Waals surface area (Å²) >= 11 is 0. The molecule has 1 aliphatic heterocycles. The molecule has 0 bridgehead atoms. The van der Waals surface area contributed by atoms with Crippen LogP contribution >= 0.6 is 0 Å². The minimum absolute atomic E-state index is 0.243. The van der Waals surface area contributed by atoms with E-state index in [0.717, 1.165) is 37.5 Å². The molecule has 1 aliphatic rings. The van der Waals surface area contributed by atoms with Crippen molar-refractivity contribution in [1.82, 2.24) is 9.97 Å². The van der Waals surface area contributed by atoms with Gasteiger partial charge in [0, 0.05) is 24.8 Å². The van der Waals surface area contributed by atoms with E-state index >= 15 is 0 Å². The van der Waals surface area contributed by atoms with Crippen LogP contribution in [-0.4, -0.2) is 36.1 Å². The summed E-state index contributed by atoms with van der Waals surface area (Å²) in [4.78, 5) is 22.8. The van der Waals surface area contributed by atoms with Crippen molar-refractivity contribution in [2.75, 3.05) is 30.4 Å². The Morgan fingerprint density at radius 3 is 2.59 bits per heavy atom. The molecular weight excluding hydrogens is 280 g/mol. The number of nitrogens with one attached hydrogen (secondary N) is 1. The van der Waals surface area contributed by atoms with Crippen LogP contribution in [0.1, 0.15) is 23.3 Å². The zero-order valence-corrected chi connectivity index (χ0v) is 12.5. The fourth-order valence-electron chi connectivity index (χ4n) is 2.46. The number of anilines is 2. The Hall–Kier alpha value is -2.63. The highest BCUT2D eigenvalue weighted by Crippen LogP contribution is 2.19. The summed E-state index contributed by atoms with van der Waals surface area (Å²) in [5.74, 6) is 1.32. The van der Waals surface area contributed by atoms with Crippen LogP contribution in [0.4, 0.5) is 11.5 Å². The molecular formula is C16H18N4O2. The van der Waals surface area contributed by atoms with Crippen molar-refractivity contribution >= 4 is 17.4 Å². The van der Waals surface area contributed by atoms with Crippen LogP contribution in [0.2, 0.25) is 0 Å². The number of hydrogen-bond donors (Lipinski definition) is 1. The molecule has 114 valence electrons. The molecule has 1 aromatic heterocycles. The molecule has 1 aromatic carbocycles. The van der Waals surface area contributed by atoms with Crippen LogP contribution < -0.4 is 15.0 Å². The molecule has 1 amide bonds. The zero-order chi connectivity index (χ0) is 15.4. The Bertz CT molecular complexity index is 651. The largest absolute Gasteiger partial charge is 0.497 e. The third kappa shape index (κ3) is 3.16. The van der Waals surface area contributed by atoms with E-state index in [1.54, 1.807) is 37.4 Å². The molecule has 1 N–H and O–H groups in total. The summed E-state index contributed by atoms with van der Waals surface area (Å²) in [7, 11) is 1.61. The standard InChI is InChI=1S/C16H18N4O2/c1-22-13-6-4-12(5-7-13)19-16(21)14-10-15(18-11-17-14)20-8-2-3-9-20/h4-7,10-11H,2-3,8-9H2,1H3,(H,19,21). The number of aromatic nitrogens is 2. The number of hydrogen-bond acceptors (Lipinski definition) is 5. The Labute approximate surface area is 129 Å². The van der Waals surface area contributed by atoms with Gasteiger partial charge in [0.25, 0.3) is 5.91 Å². The Balaban J connectivity index is 1.72. The summed E-state index contributed by atoms with van der Waals surface area (Å²) < 4.78 is 5.09. The van der Waals surface area contributed by atoms with Crippen molar-refractivity contribution < 1.29 is 9.53 Å². The average Bonchev–Trinajstić information content (AvgIpc) is 3.10. The van der Waals surface area contributed by atoms with Gasteiger partial charge in [0.15, 0.2) is 0 Å². The maximum atomic E-state index is 12.3. The molecule has 1 saturated heterocycles. The number of amides is 1. The summed E-state index contributed by atoms with van der Waals surface area (Å²) in [6.07, 6.45) is 3.77. The monoisotopic (exact) mass is 298 g/mol. The van der Waals surface area contributed by atoms with E-state index in [9.17, 15) is 4.79 Å². The van der Waals surface area contributed by atoms with Gasteiger partial charge in [-0.25, -0.2) is 9.97 Å². The number of nitrogens with zero attached hydrogens (tertiary/aromatic N) is 3. The SMILES string of the molecule is COc1ccc(NC(=O)c2cc(N3CCCC3)ncn2)cc1. The fourth-order valence-corrected chi connectivity index (χ4v) is 2.46. The molecule has 0 spiro atoms. The maximum Gasteiger partial charge on any atom is 0.274 e. The van der Waals surface area contributed by atoms with Crippen LogP contribution in [0, 0.1) is 0 Å². The van der Waals surface area contributed by atoms with Crippen molar-refractivity contribution in [2.24, 2.45) is 0 Å². The zero-order valence-electron chi connectivity index (χ0n) is 12.5. The van der Waals surface area contributed by atoms with Crippen LogP contribution in [0.5, 0.6) is 5.75 Å². The number of carbonyl (C=O) groups excluding carboxylic acids is 1. The summed E-state index contributed by atoms with van der Waals surface area (Å²) in [6, 6.07) is 8.92. The van der Waals surface area contributed by atoms with Crippen molar-refractivity contribution in [2.45, 2.75) is 12.8 Å². The molecule has 0 aliphatic carbocycles. The van der Waals surface area contributed by atoms with E-state index in [1.807, 2.05) is 0 Å². The number of methoxy groups -OCH3 is 1. The van der Waals surface area contributed by atoms with Gasteiger partial charge < -0.3 is 15.0 Å². The molecule has 0 unspecified atom stereocenters.